The number of ether oxygens (including phenoxy) is 3. The van der Waals surface area contributed by atoms with Crippen LogP contribution in [-0.2, 0) is 28.6 Å². The van der Waals surface area contributed by atoms with Crippen molar-refractivity contribution in [2.24, 2.45) is 40.4 Å². The zero-order chi connectivity index (χ0) is 25.6. The summed E-state index contributed by atoms with van der Waals surface area (Å²) in [5, 5.41) is 0. The van der Waals surface area contributed by atoms with Gasteiger partial charge in [-0.25, -0.2) is 4.79 Å². The van der Waals surface area contributed by atoms with Gasteiger partial charge in [0.15, 0.2) is 5.78 Å². The standard InChI is InChI=1S/C30H40O6/c1-16-13-24(35-27(33)20(16)15-34-18(3)31)17(2)21-8-9-22-19-14-26-30(36-26)11-6-7-25(32)29(30,5)23(19)10-12-28(21,22)4/h6-7,17,19,21-24,26H,8-15H2,1-5H3/t17-,19-,21+,22-,23-,24?,26?,28+,29-,30?/m0/s1. The van der Waals surface area contributed by atoms with Gasteiger partial charge >= 0.3 is 11.9 Å². The molecule has 3 unspecified atom stereocenters. The molecule has 0 radical (unpaired) electrons. The van der Waals surface area contributed by atoms with Crippen LogP contribution in [0.1, 0.15) is 79.6 Å². The number of carbonyl (C=O) groups is 3. The predicted octanol–water partition coefficient (Wildman–Crippen LogP) is 4.95. The van der Waals surface area contributed by atoms with Crippen molar-refractivity contribution in [3.8, 4) is 0 Å². The molecule has 10 atom stereocenters. The van der Waals surface area contributed by atoms with Crippen LogP contribution in [0.25, 0.3) is 0 Å². The number of carbonyl (C=O) groups excluding carboxylic acids is 3. The van der Waals surface area contributed by atoms with Gasteiger partial charge in [0.05, 0.1) is 17.1 Å². The van der Waals surface area contributed by atoms with Crippen LogP contribution in [-0.4, -0.2) is 42.1 Å². The Hall–Kier alpha value is -1.95. The van der Waals surface area contributed by atoms with Crippen molar-refractivity contribution in [3.05, 3.63) is 23.3 Å². The van der Waals surface area contributed by atoms with Gasteiger partial charge in [-0.05, 0) is 93.5 Å². The molecule has 0 amide bonds. The minimum atomic E-state index is -0.393. The zero-order valence-electron chi connectivity index (χ0n) is 22.3. The molecule has 6 aliphatic rings. The fourth-order valence-electron chi connectivity index (χ4n) is 9.77. The highest BCUT2D eigenvalue weighted by molar-refractivity contribution is 5.97. The van der Waals surface area contributed by atoms with Crippen LogP contribution in [0.3, 0.4) is 0 Å². The SMILES string of the molecule is CC(=O)OCC1=C(C)CC([C@@H](C)[C@H]2CC[C@H]3[C@@H]4CC5OC56CC=CC(=O)[C@]6(C)[C@H]4CC[C@]23C)OC1=O. The Kier molecular flexibility index (Phi) is 5.44. The molecule has 3 saturated carbocycles. The van der Waals surface area contributed by atoms with Crippen molar-refractivity contribution in [2.45, 2.75) is 97.4 Å². The molecule has 6 nitrogen and oxygen atoms in total. The third-order valence-electron chi connectivity index (χ3n) is 11.8. The number of cyclic esters (lactones) is 1. The molecule has 0 N–H and O–H groups in total. The quantitative estimate of drug-likeness (QED) is 0.404. The highest BCUT2D eigenvalue weighted by Crippen LogP contribution is 2.73. The molecular weight excluding hydrogens is 456 g/mol. The van der Waals surface area contributed by atoms with Crippen LogP contribution in [0.4, 0.5) is 0 Å². The molecule has 1 saturated heterocycles. The second-order valence-corrected chi connectivity index (χ2v) is 13.1. The number of allylic oxidation sites excluding steroid dienone is 1. The number of esters is 2. The number of fused-ring (bicyclic) bond motifs is 4. The topological polar surface area (TPSA) is 82.2 Å². The van der Waals surface area contributed by atoms with Gasteiger partial charge in [0.25, 0.3) is 0 Å². The molecule has 2 aliphatic heterocycles. The number of hydrogen-bond acceptors (Lipinski definition) is 6. The second kappa shape index (κ2) is 8.02. The summed E-state index contributed by atoms with van der Waals surface area (Å²) in [6.07, 6.45) is 11.1. The van der Waals surface area contributed by atoms with Gasteiger partial charge in [-0.1, -0.05) is 25.5 Å². The van der Waals surface area contributed by atoms with E-state index in [4.69, 9.17) is 14.2 Å². The molecule has 4 aliphatic carbocycles. The molecular formula is C30H40O6. The van der Waals surface area contributed by atoms with Crippen LogP contribution >= 0.6 is 0 Å². The number of rotatable bonds is 4. The molecule has 36 heavy (non-hydrogen) atoms. The van der Waals surface area contributed by atoms with E-state index in [0.717, 1.165) is 37.7 Å². The van der Waals surface area contributed by atoms with E-state index >= 15 is 0 Å². The Morgan fingerprint density at radius 2 is 1.97 bits per heavy atom. The summed E-state index contributed by atoms with van der Waals surface area (Å²) >= 11 is 0. The Bertz CT molecular complexity index is 1070. The molecule has 1 spiro atoms. The van der Waals surface area contributed by atoms with Crippen LogP contribution < -0.4 is 0 Å². The van der Waals surface area contributed by atoms with E-state index in [-0.39, 0.29) is 52.9 Å². The highest BCUT2D eigenvalue weighted by atomic mass is 16.6. The van der Waals surface area contributed by atoms with Crippen molar-refractivity contribution in [3.63, 3.8) is 0 Å². The smallest absolute Gasteiger partial charge is 0.337 e. The number of epoxide rings is 1. The van der Waals surface area contributed by atoms with Gasteiger partial charge in [0.1, 0.15) is 18.3 Å². The number of ketones is 1. The Labute approximate surface area is 214 Å². The van der Waals surface area contributed by atoms with E-state index in [1.807, 2.05) is 19.1 Å². The molecule has 0 aromatic heterocycles. The van der Waals surface area contributed by atoms with E-state index in [0.29, 0.717) is 35.7 Å². The van der Waals surface area contributed by atoms with Gasteiger partial charge in [-0.2, -0.15) is 0 Å². The predicted molar refractivity (Wildman–Crippen MR) is 133 cm³/mol. The maximum Gasteiger partial charge on any atom is 0.337 e. The van der Waals surface area contributed by atoms with Crippen LogP contribution in [0, 0.1) is 40.4 Å². The highest BCUT2D eigenvalue weighted by Gasteiger charge is 2.77. The summed E-state index contributed by atoms with van der Waals surface area (Å²) in [6, 6.07) is 0. The molecule has 6 heteroatoms. The third kappa shape index (κ3) is 3.15. The number of hydrogen-bond donors (Lipinski definition) is 0. The van der Waals surface area contributed by atoms with Crippen molar-refractivity contribution in [2.75, 3.05) is 6.61 Å². The van der Waals surface area contributed by atoms with Gasteiger partial charge in [-0.3, -0.25) is 9.59 Å². The molecule has 0 aromatic carbocycles. The minimum absolute atomic E-state index is 0.00913. The lowest BCUT2D eigenvalue weighted by molar-refractivity contribution is -0.154. The second-order valence-electron chi connectivity index (χ2n) is 13.1. The van der Waals surface area contributed by atoms with Crippen molar-refractivity contribution in [1.82, 2.24) is 0 Å². The summed E-state index contributed by atoms with van der Waals surface area (Å²) in [7, 11) is 0. The van der Waals surface area contributed by atoms with E-state index < -0.39 is 5.97 Å². The first-order chi connectivity index (χ1) is 17.0. The van der Waals surface area contributed by atoms with E-state index in [1.54, 1.807) is 0 Å². The maximum absolute atomic E-state index is 13.3. The summed E-state index contributed by atoms with van der Waals surface area (Å²) in [5.41, 5.74) is 1.00. The first kappa shape index (κ1) is 24.4. The van der Waals surface area contributed by atoms with Crippen LogP contribution in [0.15, 0.2) is 23.3 Å². The van der Waals surface area contributed by atoms with Gasteiger partial charge < -0.3 is 14.2 Å². The van der Waals surface area contributed by atoms with E-state index in [9.17, 15) is 14.4 Å². The largest absolute Gasteiger partial charge is 0.461 e. The summed E-state index contributed by atoms with van der Waals surface area (Å²) in [6.45, 7) is 10.2. The maximum atomic E-state index is 13.3. The summed E-state index contributed by atoms with van der Waals surface area (Å²) < 4.78 is 17.4. The Morgan fingerprint density at radius 1 is 1.19 bits per heavy atom. The first-order valence-corrected chi connectivity index (χ1v) is 13.9. The molecule has 0 bridgehead atoms. The fourth-order valence-corrected chi connectivity index (χ4v) is 9.77. The van der Waals surface area contributed by atoms with Crippen LogP contribution in [0.2, 0.25) is 0 Å². The molecule has 4 fully saturated rings. The van der Waals surface area contributed by atoms with Crippen molar-refractivity contribution < 1.29 is 28.6 Å². The lowest BCUT2D eigenvalue weighted by Gasteiger charge is -2.57. The Morgan fingerprint density at radius 3 is 2.69 bits per heavy atom. The van der Waals surface area contributed by atoms with E-state index in [1.165, 1.54) is 13.3 Å². The molecule has 6 rings (SSSR count). The van der Waals surface area contributed by atoms with Gasteiger partial charge in [-0.15, -0.1) is 0 Å². The summed E-state index contributed by atoms with van der Waals surface area (Å²) in [4.78, 5) is 37.4. The average molecular weight is 497 g/mol. The van der Waals surface area contributed by atoms with Gasteiger partial charge in [0.2, 0.25) is 0 Å². The molecule has 2 heterocycles. The normalized spacial score (nSPS) is 47.8. The van der Waals surface area contributed by atoms with Crippen molar-refractivity contribution in [1.29, 1.82) is 0 Å². The lowest BCUT2D eigenvalue weighted by Crippen LogP contribution is -2.60. The van der Waals surface area contributed by atoms with Crippen molar-refractivity contribution >= 4 is 17.7 Å². The summed E-state index contributed by atoms with van der Waals surface area (Å²) in [5.74, 6) is 1.76. The fraction of sp³-hybridized carbons (Fsp3) is 0.767. The average Bonchev–Trinajstić information content (AvgIpc) is 3.41. The third-order valence-corrected chi connectivity index (χ3v) is 11.8. The Balaban J connectivity index is 1.21. The molecule has 196 valence electrons. The minimum Gasteiger partial charge on any atom is -0.461 e. The monoisotopic (exact) mass is 496 g/mol. The molecule has 0 aromatic rings. The lowest BCUT2D eigenvalue weighted by atomic mass is 9.44. The van der Waals surface area contributed by atoms with E-state index in [2.05, 4.69) is 20.8 Å². The first-order valence-electron chi connectivity index (χ1n) is 13.9. The van der Waals surface area contributed by atoms with Crippen LogP contribution in [0.5, 0.6) is 0 Å². The zero-order valence-corrected chi connectivity index (χ0v) is 22.3. The van der Waals surface area contributed by atoms with Gasteiger partial charge in [0, 0.05) is 13.3 Å².